The second-order valence-electron chi connectivity index (χ2n) is 5.46. The summed E-state index contributed by atoms with van der Waals surface area (Å²) in [6.45, 7) is 2.54. The summed E-state index contributed by atoms with van der Waals surface area (Å²) in [6, 6.07) is 4.21. The minimum atomic E-state index is -4.67. The van der Waals surface area contributed by atoms with Crippen LogP contribution in [-0.4, -0.2) is 32.8 Å². The molecule has 0 radical (unpaired) electrons. The van der Waals surface area contributed by atoms with Gasteiger partial charge >= 0.3 is 12.1 Å². The Morgan fingerprint density at radius 3 is 2.46 bits per heavy atom. The van der Waals surface area contributed by atoms with Crippen LogP contribution in [0.1, 0.15) is 28.7 Å². The van der Waals surface area contributed by atoms with E-state index in [1.54, 1.807) is 0 Å². The third-order valence-electron chi connectivity index (χ3n) is 3.48. The van der Waals surface area contributed by atoms with E-state index >= 15 is 0 Å². The number of carbonyl (C=O) groups is 2. The maximum absolute atomic E-state index is 13.2. The van der Waals surface area contributed by atoms with E-state index in [-0.39, 0.29) is 11.4 Å². The van der Waals surface area contributed by atoms with Gasteiger partial charge in [-0.3, -0.25) is 14.4 Å². The second kappa shape index (κ2) is 6.98. The number of carboxylic acid groups (broad SMARTS) is 1. The van der Waals surface area contributed by atoms with Crippen molar-refractivity contribution in [3.05, 3.63) is 57.5 Å². The van der Waals surface area contributed by atoms with Gasteiger partial charge in [-0.2, -0.15) is 18.3 Å². The fourth-order valence-corrected chi connectivity index (χ4v) is 2.17. The molecule has 0 aliphatic rings. The van der Waals surface area contributed by atoms with Crippen LogP contribution in [0.15, 0.2) is 35.1 Å². The number of nitrogens with zero attached hydrogens (tertiary/aromatic N) is 2. The molecule has 1 amide bonds. The summed E-state index contributed by atoms with van der Waals surface area (Å²) in [5.41, 5.74) is -2.82. The molecule has 26 heavy (non-hydrogen) atoms. The molecule has 2 N–H and O–H groups in total. The Bertz CT molecular complexity index is 922. The van der Waals surface area contributed by atoms with Crippen LogP contribution >= 0.6 is 0 Å². The number of amides is 1. The highest BCUT2D eigenvalue weighted by Gasteiger charge is 2.34. The summed E-state index contributed by atoms with van der Waals surface area (Å²) in [5.74, 6) is -2.43. The van der Waals surface area contributed by atoms with E-state index in [0.717, 1.165) is 22.9 Å². The average Bonchev–Trinajstić information content (AvgIpc) is 2.53. The average molecular weight is 369 g/mol. The van der Waals surface area contributed by atoms with Crippen LogP contribution in [0.3, 0.4) is 0 Å². The first kappa shape index (κ1) is 19.2. The lowest BCUT2D eigenvalue weighted by Gasteiger charge is -2.17. The lowest BCUT2D eigenvalue weighted by molar-refractivity contribution is -0.139. The number of halogens is 3. The number of hydrogen-bond acceptors (Lipinski definition) is 4. The number of aromatic nitrogens is 2. The maximum Gasteiger partial charge on any atom is 0.418 e. The number of carbonyl (C=O) groups excluding carboxylic acids is 1. The largest absolute Gasteiger partial charge is 0.480 e. The number of nitrogens with one attached hydrogen (secondary N) is 1. The molecular formula is C16H14F3N3O4. The van der Waals surface area contributed by atoms with Crippen LogP contribution in [0.25, 0.3) is 5.69 Å². The van der Waals surface area contributed by atoms with E-state index in [1.807, 2.05) is 5.32 Å². The van der Waals surface area contributed by atoms with Crippen LogP contribution in [0.2, 0.25) is 0 Å². The highest BCUT2D eigenvalue weighted by Crippen LogP contribution is 2.33. The molecule has 138 valence electrons. The zero-order valence-corrected chi connectivity index (χ0v) is 13.7. The summed E-state index contributed by atoms with van der Waals surface area (Å²) in [7, 11) is 0. The van der Waals surface area contributed by atoms with E-state index in [9.17, 15) is 27.6 Å². The molecule has 0 spiro atoms. The molecule has 0 saturated heterocycles. The third kappa shape index (κ3) is 3.90. The molecule has 0 saturated carbocycles. The van der Waals surface area contributed by atoms with Crippen LogP contribution in [0, 0.1) is 6.92 Å². The Kier molecular flexibility index (Phi) is 5.15. The van der Waals surface area contributed by atoms with Crippen LogP contribution < -0.4 is 10.7 Å². The van der Waals surface area contributed by atoms with Gasteiger partial charge in [-0.25, -0.2) is 4.68 Å². The number of hydrogen-bond donors (Lipinski definition) is 2. The first-order valence-electron chi connectivity index (χ1n) is 7.33. The van der Waals surface area contributed by atoms with Crippen LogP contribution in [0.5, 0.6) is 0 Å². The number of aliphatic carboxylic acids is 1. The maximum atomic E-state index is 13.2. The van der Waals surface area contributed by atoms with Crippen molar-refractivity contribution in [1.29, 1.82) is 0 Å². The van der Waals surface area contributed by atoms with E-state index in [4.69, 9.17) is 5.11 Å². The first-order valence-corrected chi connectivity index (χ1v) is 7.33. The van der Waals surface area contributed by atoms with Gasteiger partial charge in [0.15, 0.2) is 5.69 Å². The molecule has 0 unspecified atom stereocenters. The van der Waals surface area contributed by atoms with Gasteiger partial charge in [0.2, 0.25) is 5.43 Å². The van der Waals surface area contributed by atoms with Crippen molar-refractivity contribution in [2.45, 2.75) is 26.1 Å². The van der Waals surface area contributed by atoms with Gasteiger partial charge < -0.3 is 10.4 Å². The van der Waals surface area contributed by atoms with E-state index in [0.29, 0.717) is 0 Å². The molecule has 7 nitrogen and oxygen atoms in total. The van der Waals surface area contributed by atoms with Crippen molar-refractivity contribution < 1.29 is 27.9 Å². The Morgan fingerprint density at radius 1 is 1.27 bits per heavy atom. The first-order chi connectivity index (χ1) is 12.0. The normalized spacial score (nSPS) is 12.5. The molecule has 10 heteroatoms. The molecule has 0 aliphatic carbocycles. The fraction of sp³-hybridized carbons (Fsp3) is 0.250. The molecule has 2 aromatic rings. The molecule has 2 rings (SSSR count). The minimum Gasteiger partial charge on any atom is -0.480 e. The second-order valence-corrected chi connectivity index (χ2v) is 5.46. The summed E-state index contributed by atoms with van der Waals surface area (Å²) >= 11 is 0. The van der Waals surface area contributed by atoms with Crippen molar-refractivity contribution in [1.82, 2.24) is 15.1 Å². The highest BCUT2D eigenvalue weighted by atomic mass is 19.4. The monoisotopic (exact) mass is 369 g/mol. The summed E-state index contributed by atoms with van der Waals surface area (Å²) < 4.78 is 40.5. The van der Waals surface area contributed by atoms with Gasteiger partial charge in [-0.1, -0.05) is 12.1 Å². The molecular weight excluding hydrogens is 355 g/mol. The zero-order valence-electron chi connectivity index (χ0n) is 13.7. The SMILES string of the molecule is Cc1cc(=O)c(C(=O)N[C@H](C)C(=O)O)nn1-c1ccccc1C(F)(F)F. The molecule has 1 atom stereocenters. The predicted molar refractivity (Wildman–Crippen MR) is 84.1 cm³/mol. The van der Waals surface area contributed by atoms with Crippen LogP contribution in [0.4, 0.5) is 13.2 Å². The third-order valence-corrected chi connectivity index (χ3v) is 3.48. The molecule has 1 aromatic carbocycles. The van der Waals surface area contributed by atoms with Crippen molar-refractivity contribution in [2.75, 3.05) is 0 Å². The number of para-hydroxylation sites is 1. The Labute approximate surface area is 145 Å². The van der Waals surface area contributed by atoms with Gasteiger partial charge in [0.25, 0.3) is 5.91 Å². The lowest BCUT2D eigenvalue weighted by atomic mass is 10.1. The molecule has 0 bridgehead atoms. The molecule has 0 fully saturated rings. The quantitative estimate of drug-likeness (QED) is 0.855. The molecule has 1 heterocycles. The van der Waals surface area contributed by atoms with E-state index < -0.39 is 40.8 Å². The minimum absolute atomic E-state index is 0.0783. The van der Waals surface area contributed by atoms with Crippen LogP contribution in [-0.2, 0) is 11.0 Å². The van der Waals surface area contributed by atoms with Gasteiger partial charge in [-0.15, -0.1) is 0 Å². The summed E-state index contributed by atoms with van der Waals surface area (Å²) in [4.78, 5) is 34.9. The van der Waals surface area contributed by atoms with Gasteiger partial charge in [0, 0.05) is 11.8 Å². The fourth-order valence-electron chi connectivity index (χ4n) is 2.17. The summed E-state index contributed by atoms with van der Waals surface area (Å²) in [5, 5.41) is 14.6. The zero-order chi connectivity index (χ0) is 19.6. The van der Waals surface area contributed by atoms with Crippen molar-refractivity contribution in [2.24, 2.45) is 0 Å². The molecule has 1 aromatic heterocycles. The van der Waals surface area contributed by atoms with E-state index in [2.05, 4.69) is 5.10 Å². The molecule has 0 aliphatic heterocycles. The summed E-state index contributed by atoms with van der Waals surface area (Å²) in [6.07, 6.45) is -4.67. The number of carboxylic acids is 1. The standard InChI is InChI=1S/C16H14F3N3O4/c1-8-7-12(23)13(14(24)20-9(2)15(25)26)21-22(8)11-6-4-3-5-10(11)16(17,18)19/h3-7,9H,1-2H3,(H,20,24)(H,25,26)/t9-/m1/s1. The highest BCUT2D eigenvalue weighted by molar-refractivity contribution is 5.94. The lowest BCUT2D eigenvalue weighted by Crippen LogP contribution is -2.41. The number of alkyl halides is 3. The van der Waals surface area contributed by atoms with Gasteiger partial charge in [0.1, 0.15) is 6.04 Å². The topological polar surface area (TPSA) is 101 Å². The number of rotatable bonds is 4. The number of aryl methyl sites for hydroxylation is 1. The van der Waals surface area contributed by atoms with Gasteiger partial charge in [-0.05, 0) is 26.0 Å². The Morgan fingerprint density at radius 2 is 1.88 bits per heavy atom. The number of benzene rings is 1. The Hall–Kier alpha value is -3.17. The smallest absolute Gasteiger partial charge is 0.418 e. The van der Waals surface area contributed by atoms with E-state index in [1.165, 1.54) is 26.0 Å². The van der Waals surface area contributed by atoms with Crippen molar-refractivity contribution >= 4 is 11.9 Å². The van der Waals surface area contributed by atoms with Crippen molar-refractivity contribution in [3.63, 3.8) is 0 Å². The Balaban J connectivity index is 2.59. The van der Waals surface area contributed by atoms with Crippen molar-refractivity contribution in [3.8, 4) is 5.69 Å². The predicted octanol–water partition coefficient (Wildman–Crippen LogP) is 1.76. The van der Waals surface area contributed by atoms with Gasteiger partial charge in [0.05, 0.1) is 11.3 Å².